The smallest absolute Gasteiger partial charge is 0.227 e. The first kappa shape index (κ1) is 17.6. The number of likely N-dealkylation sites (tertiary alicyclic amines) is 1. The largest absolute Gasteiger partial charge is 0.356 e. The van der Waals surface area contributed by atoms with Crippen LogP contribution < -0.4 is 4.90 Å². The van der Waals surface area contributed by atoms with E-state index in [9.17, 15) is 4.79 Å². The van der Waals surface area contributed by atoms with E-state index in [0.29, 0.717) is 11.6 Å². The molecule has 146 valence electrons. The van der Waals surface area contributed by atoms with Crippen LogP contribution in [-0.2, 0) is 4.79 Å². The Morgan fingerprint density at radius 1 is 1.14 bits per heavy atom. The minimum Gasteiger partial charge on any atom is -0.356 e. The summed E-state index contributed by atoms with van der Waals surface area (Å²) in [5.41, 5.74) is 2.47. The molecule has 1 N–H and O–H groups in total. The molecule has 5 heterocycles. The number of fused-ring (bicyclic) bond motifs is 1. The standard InChI is InChI=1S/C20H24N6OS/c1-13-21-16(12-28-13)19-22-15-6-7-17(23-18(15)24-19)26-10-4-5-14(11-26)20(27)25-8-2-3-9-25/h6-7,12,14H,2-5,8-11H2,1H3,(H,22,23,24). The summed E-state index contributed by atoms with van der Waals surface area (Å²) in [4.78, 5) is 34.3. The highest BCUT2D eigenvalue weighted by Gasteiger charge is 2.31. The van der Waals surface area contributed by atoms with Gasteiger partial charge in [-0.1, -0.05) is 0 Å². The zero-order valence-corrected chi connectivity index (χ0v) is 16.8. The lowest BCUT2D eigenvalue weighted by atomic mass is 9.96. The molecule has 0 bridgehead atoms. The summed E-state index contributed by atoms with van der Waals surface area (Å²) in [6.07, 6.45) is 4.28. The molecule has 28 heavy (non-hydrogen) atoms. The summed E-state index contributed by atoms with van der Waals surface area (Å²) in [7, 11) is 0. The average Bonchev–Trinajstić information content (AvgIpc) is 3.47. The molecule has 0 aromatic carbocycles. The molecular formula is C20H24N6OS. The maximum atomic E-state index is 12.8. The quantitative estimate of drug-likeness (QED) is 0.735. The number of nitrogens with one attached hydrogen (secondary N) is 1. The minimum absolute atomic E-state index is 0.0806. The highest BCUT2D eigenvalue weighted by Crippen LogP contribution is 2.27. The summed E-state index contributed by atoms with van der Waals surface area (Å²) >= 11 is 1.61. The molecule has 3 aromatic heterocycles. The molecule has 0 saturated carbocycles. The molecular weight excluding hydrogens is 372 g/mol. The number of carbonyl (C=O) groups excluding carboxylic acids is 1. The van der Waals surface area contributed by atoms with Crippen LogP contribution in [0.3, 0.4) is 0 Å². The van der Waals surface area contributed by atoms with E-state index in [0.717, 1.165) is 79.7 Å². The van der Waals surface area contributed by atoms with Gasteiger partial charge in [0.25, 0.3) is 0 Å². The number of aromatic nitrogens is 4. The molecule has 1 amide bonds. The Bertz CT molecular complexity index is 1010. The van der Waals surface area contributed by atoms with Crippen molar-refractivity contribution in [2.75, 3.05) is 31.1 Å². The lowest BCUT2D eigenvalue weighted by molar-refractivity contribution is -0.134. The number of rotatable bonds is 3. The first-order chi connectivity index (χ1) is 13.7. The zero-order valence-electron chi connectivity index (χ0n) is 16.0. The number of hydrogen-bond donors (Lipinski definition) is 1. The summed E-state index contributed by atoms with van der Waals surface area (Å²) in [6.45, 7) is 5.52. The van der Waals surface area contributed by atoms with Gasteiger partial charge in [0, 0.05) is 31.6 Å². The van der Waals surface area contributed by atoms with Crippen LogP contribution in [0.5, 0.6) is 0 Å². The molecule has 1 atom stereocenters. The van der Waals surface area contributed by atoms with Crippen LogP contribution in [0.1, 0.15) is 30.7 Å². The minimum atomic E-state index is 0.0806. The Labute approximate surface area is 167 Å². The molecule has 2 fully saturated rings. The molecule has 0 spiro atoms. The van der Waals surface area contributed by atoms with Crippen LogP contribution in [0.2, 0.25) is 0 Å². The topological polar surface area (TPSA) is 78.0 Å². The SMILES string of the molecule is Cc1nc(-c2nc3nc(N4CCCC(C(=O)N5CCCC5)C4)ccc3[nH]2)cs1. The number of carbonyl (C=O) groups is 1. The van der Waals surface area contributed by atoms with Gasteiger partial charge in [0.05, 0.1) is 16.4 Å². The Balaban J connectivity index is 1.37. The molecule has 8 heteroatoms. The van der Waals surface area contributed by atoms with E-state index >= 15 is 0 Å². The lowest BCUT2D eigenvalue weighted by Crippen LogP contribution is -2.44. The Morgan fingerprint density at radius 2 is 2.00 bits per heavy atom. The second-order valence-electron chi connectivity index (χ2n) is 7.70. The fourth-order valence-electron chi connectivity index (χ4n) is 4.23. The van der Waals surface area contributed by atoms with E-state index < -0.39 is 0 Å². The third-order valence-corrected chi connectivity index (χ3v) is 6.48. The predicted octanol–water partition coefficient (Wildman–Crippen LogP) is 3.23. The first-order valence-corrected chi connectivity index (χ1v) is 10.9. The van der Waals surface area contributed by atoms with E-state index in [2.05, 4.69) is 19.9 Å². The summed E-state index contributed by atoms with van der Waals surface area (Å²) < 4.78 is 0. The molecule has 2 saturated heterocycles. The molecule has 0 radical (unpaired) electrons. The van der Waals surface area contributed by atoms with E-state index in [1.807, 2.05) is 29.3 Å². The average molecular weight is 397 g/mol. The van der Waals surface area contributed by atoms with Crippen LogP contribution in [0.15, 0.2) is 17.5 Å². The lowest BCUT2D eigenvalue weighted by Gasteiger charge is -2.34. The number of aryl methyl sites for hydroxylation is 1. The fourth-order valence-corrected chi connectivity index (χ4v) is 4.83. The number of nitrogens with zero attached hydrogens (tertiary/aromatic N) is 5. The van der Waals surface area contributed by atoms with Gasteiger partial charge < -0.3 is 14.8 Å². The third kappa shape index (κ3) is 3.26. The molecule has 3 aromatic rings. The molecule has 7 nitrogen and oxygen atoms in total. The number of anilines is 1. The number of thiazole rings is 1. The molecule has 1 unspecified atom stereocenters. The van der Waals surface area contributed by atoms with Gasteiger partial charge in [-0.15, -0.1) is 11.3 Å². The van der Waals surface area contributed by atoms with Crippen molar-refractivity contribution < 1.29 is 4.79 Å². The van der Waals surface area contributed by atoms with Crippen LogP contribution in [0, 0.1) is 12.8 Å². The highest BCUT2D eigenvalue weighted by atomic mass is 32.1. The maximum absolute atomic E-state index is 12.8. The van der Waals surface area contributed by atoms with Crippen molar-refractivity contribution in [1.82, 2.24) is 24.8 Å². The Kier molecular flexibility index (Phi) is 4.50. The third-order valence-electron chi connectivity index (χ3n) is 5.71. The predicted molar refractivity (Wildman–Crippen MR) is 110 cm³/mol. The van der Waals surface area contributed by atoms with Gasteiger partial charge in [0.1, 0.15) is 11.5 Å². The fraction of sp³-hybridized carbons (Fsp3) is 0.500. The van der Waals surface area contributed by atoms with E-state index in [1.165, 1.54) is 0 Å². The molecule has 0 aliphatic carbocycles. The highest BCUT2D eigenvalue weighted by molar-refractivity contribution is 7.09. The van der Waals surface area contributed by atoms with E-state index in [-0.39, 0.29) is 5.92 Å². The van der Waals surface area contributed by atoms with Crippen LogP contribution >= 0.6 is 11.3 Å². The van der Waals surface area contributed by atoms with Gasteiger partial charge in [-0.2, -0.15) is 0 Å². The van der Waals surface area contributed by atoms with Crippen molar-refractivity contribution in [3.8, 4) is 11.5 Å². The first-order valence-electron chi connectivity index (χ1n) is 10.0. The molecule has 5 rings (SSSR count). The Hall–Kier alpha value is -2.48. The van der Waals surface area contributed by atoms with Gasteiger partial charge in [0.15, 0.2) is 11.5 Å². The number of pyridine rings is 1. The summed E-state index contributed by atoms with van der Waals surface area (Å²) in [5.74, 6) is 2.06. The van der Waals surface area contributed by atoms with Crippen molar-refractivity contribution in [2.45, 2.75) is 32.6 Å². The van der Waals surface area contributed by atoms with Crippen LogP contribution in [0.25, 0.3) is 22.7 Å². The maximum Gasteiger partial charge on any atom is 0.227 e. The van der Waals surface area contributed by atoms with Crippen molar-refractivity contribution in [3.63, 3.8) is 0 Å². The van der Waals surface area contributed by atoms with Crippen molar-refractivity contribution in [3.05, 3.63) is 22.5 Å². The van der Waals surface area contributed by atoms with Gasteiger partial charge in [-0.25, -0.2) is 15.0 Å². The number of aromatic amines is 1. The van der Waals surface area contributed by atoms with E-state index in [4.69, 9.17) is 4.98 Å². The van der Waals surface area contributed by atoms with Gasteiger partial charge >= 0.3 is 0 Å². The van der Waals surface area contributed by atoms with Gasteiger partial charge in [-0.05, 0) is 44.7 Å². The number of amides is 1. The monoisotopic (exact) mass is 396 g/mol. The molecule has 2 aliphatic heterocycles. The van der Waals surface area contributed by atoms with Gasteiger partial charge in [0.2, 0.25) is 5.91 Å². The van der Waals surface area contributed by atoms with Gasteiger partial charge in [-0.3, -0.25) is 4.79 Å². The van der Waals surface area contributed by atoms with E-state index in [1.54, 1.807) is 11.3 Å². The van der Waals surface area contributed by atoms with Crippen molar-refractivity contribution in [2.24, 2.45) is 5.92 Å². The summed E-state index contributed by atoms with van der Waals surface area (Å²) in [6, 6.07) is 4.05. The second kappa shape index (κ2) is 7.16. The number of hydrogen-bond acceptors (Lipinski definition) is 6. The Morgan fingerprint density at radius 3 is 2.79 bits per heavy atom. The second-order valence-corrected chi connectivity index (χ2v) is 8.76. The van der Waals surface area contributed by atoms with Crippen LogP contribution in [-0.4, -0.2) is 56.9 Å². The number of piperidine rings is 1. The normalized spacial score (nSPS) is 20.2. The van der Waals surface area contributed by atoms with Crippen molar-refractivity contribution >= 4 is 34.2 Å². The molecule has 2 aliphatic rings. The van der Waals surface area contributed by atoms with Crippen LogP contribution in [0.4, 0.5) is 5.82 Å². The zero-order chi connectivity index (χ0) is 19.1. The number of imidazole rings is 1. The summed E-state index contributed by atoms with van der Waals surface area (Å²) in [5, 5.41) is 3.03. The number of H-pyrrole nitrogens is 1. The van der Waals surface area contributed by atoms with Crippen molar-refractivity contribution in [1.29, 1.82) is 0 Å².